The summed E-state index contributed by atoms with van der Waals surface area (Å²) in [5.74, 6) is -2.11. The van der Waals surface area contributed by atoms with E-state index in [1.807, 2.05) is 19.1 Å². The van der Waals surface area contributed by atoms with E-state index >= 15 is 0 Å². The zero-order chi connectivity index (χ0) is 22.8. The zero-order valence-corrected chi connectivity index (χ0v) is 17.6. The number of nitrogens with zero attached hydrogens (tertiary/aromatic N) is 2. The van der Waals surface area contributed by atoms with Crippen LogP contribution in [0.2, 0.25) is 0 Å². The van der Waals surface area contributed by atoms with E-state index in [1.165, 1.54) is 11.8 Å². The summed E-state index contributed by atoms with van der Waals surface area (Å²) < 4.78 is 0. The Labute approximate surface area is 185 Å². The van der Waals surface area contributed by atoms with Gasteiger partial charge in [-0.1, -0.05) is 42.0 Å². The Bertz CT molecular complexity index is 1230. The van der Waals surface area contributed by atoms with Crippen LogP contribution in [0.15, 0.2) is 78.5 Å². The number of aliphatic hydroxyl groups is 1. The number of anilines is 2. The molecular weight excluding hydrogens is 406 g/mol. The van der Waals surface area contributed by atoms with Crippen LogP contribution in [0, 0.1) is 6.92 Å². The number of carbonyl (C=O) groups is 3. The fourth-order valence-electron chi connectivity index (χ4n) is 3.72. The number of Topliss-reactive ketones (excluding diaryl/α,β-unsaturated/α-hetero) is 1. The molecule has 2 amide bonds. The highest BCUT2D eigenvalue weighted by molar-refractivity contribution is 6.51. The van der Waals surface area contributed by atoms with E-state index in [0.29, 0.717) is 22.6 Å². The monoisotopic (exact) mass is 427 g/mol. The second kappa shape index (κ2) is 8.47. The molecule has 2 N–H and O–H groups in total. The highest BCUT2D eigenvalue weighted by Gasteiger charge is 2.47. The van der Waals surface area contributed by atoms with E-state index in [9.17, 15) is 19.5 Å². The second-order valence-corrected chi connectivity index (χ2v) is 7.52. The maximum atomic E-state index is 13.1. The molecular formula is C25H21N3O4. The molecule has 1 saturated heterocycles. The summed E-state index contributed by atoms with van der Waals surface area (Å²) in [5, 5.41) is 13.7. The third kappa shape index (κ3) is 3.88. The molecule has 0 saturated carbocycles. The molecule has 1 aliphatic rings. The number of nitrogens with one attached hydrogen (secondary N) is 1. The number of hydrogen-bond donors (Lipinski definition) is 2. The predicted molar refractivity (Wildman–Crippen MR) is 121 cm³/mol. The third-order valence-corrected chi connectivity index (χ3v) is 5.18. The van der Waals surface area contributed by atoms with E-state index < -0.39 is 17.7 Å². The Morgan fingerprint density at radius 2 is 1.78 bits per heavy atom. The summed E-state index contributed by atoms with van der Waals surface area (Å²) >= 11 is 0. The van der Waals surface area contributed by atoms with Crippen LogP contribution in [-0.2, 0) is 14.4 Å². The van der Waals surface area contributed by atoms with E-state index in [1.54, 1.807) is 60.8 Å². The highest BCUT2D eigenvalue weighted by atomic mass is 16.3. The molecule has 7 nitrogen and oxygen atoms in total. The number of amides is 2. The molecule has 32 heavy (non-hydrogen) atoms. The van der Waals surface area contributed by atoms with Gasteiger partial charge in [0.2, 0.25) is 5.91 Å². The molecule has 2 heterocycles. The smallest absolute Gasteiger partial charge is 0.300 e. The maximum absolute atomic E-state index is 13.1. The minimum absolute atomic E-state index is 0.0394. The van der Waals surface area contributed by atoms with Crippen molar-refractivity contribution in [1.82, 2.24) is 4.98 Å². The van der Waals surface area contributed by atoms with Crippen LogP contribution in [0.5, 0.6) is 0 Å². The molecule has 1 aromatic heterocycles. The van der Waals surface area contributed by atoms with Crippen molar-refractivity contribution in [1.29, 1.82) is 0 Å². The van der Waals surface area contributed by atoms with Gasteiger partial charge in [-0.15, -0.1) is 0 Å². The van der Waals surface area contributed by atoms with E-state index in [4.69, 9.17) is 0 Å². The van der Waals surface area contributed by atoms with Gasteiger partial charge in [-0.05, 0) is 37.3 Å². The minimum atomic E-state index is -0.926. The van der Waals surface area contributed by atoms with Crippen molar-refractivity contribution in [3.63, 3.8) is 0 Å². The average molecular weight is 427 g/mol. The molecule has 4 rings (SSSR count). The van der Waals surface area contributed by atoms with Gasteiger partial charge in [0.25, 0.3) is 11.7 Å². The first-order chi connectivity index (χ1) is 15.4. The molecule has 1 aliphatic heterocycles. The summed E-state index contributed by atoms with van der Waals surface area (Å²) in [4.78, 5) is 43.4. The number of pyridine rings is 1. The highest BCUT2D eigenvalue weighted by Crippen LogP contribution is 2.41. The minimum Gasteiger partial charge on any atom is -0.507 e. The van der Waals surface area contributed by atoms with E-state index in [0.717, 1.165) is 5.56 Å². The average Bonchev–Trinajstić information content (AvgIpc) is 3.05. The number of aryl methyl sites for hydroxylation is 1. The van der Waals surface area contributed by atoms with Gasteiger partial charge in [0, 0.05) is 30.1 Å². The molecule has 3 aromatic rings. The molecule has 0 bridgehead atoms. The van der Waals surface area contributed by atoms with E-state index in [-0.39, 0.29) is 17.2 Å². The topological polar surface area (TPSA) is 99.6 Å². The molecule has 2 aromatic carbocycles. The summed E-state index contributed by atoms with van der Waals surface area (Å²) in [5.41, 5.74) is 2.71. The number of rotatable bonds is 4. The van der Waals surface area contributed by atoms with Crippen LogP contribution in [0.25, 0.3) is 5.76 Å². The molecule has 0 radical (unpaired) electrons. The van der Waals surface area contributed by atoms with Gasteiger partial charge in [-0.25, -0.2) is 0 Å². The van der Waals surface area contributed by atoms with Crippen molar-refractivity contribution in [2.75, 3.05) is 10.2 Å². The summed E-state index contributed by atoms with van der Waals surface area (Å²) in [6, 6.07) is 17.9. The van der Waals surface area contributed by atoms with Gasteiger partial charge in [-0.2, -0.15) is 0 Å². The third-order valence-electron chi connectivity index (χ3n) is 5.18. The summed E-state index contributed by atoms with van der Waals surface area (Å²) in [6.07, 6.45) is 1.56. The van der Waals surface area contributed by atoms with Crippen molar-refractivity contribution in [2.24, 2.45) is 0 Å². The number of hydrogen-bond acceptors (Lipinski definition) is 5. The Kier molecular flexibility index (Phi) is 5.55. The fraction of sp³-hybridized carbons (Fsp3) is 0.120. The number of aliphatic hydroxyl groups excluding tert-OH is 1. The standard InChI is InChI=1S/C25H21N3O4/c1-15-9-11-17(12-10-15)23(30)21-22(20-8-3-4-13-26-20)28(25(32)24(21)31)19-7-5-6-18(14-19)27-16(2)29/h3-14,22,30H,1-2H3,(H,27,29)/b23-21+. The molecule has 1 unspecified atom stereocenters. The quantitative estimate of drug-likeness (QED) is 0.373. The number of benzene rings is 2. The van der Waals surface area contributed by atoms with Crippen LogP contribution < -0.4 is 10.2 Å². The Hall–Kier alpha value is -4.26. The van der Waals surface area contributed by atoms with Gasteiger partial charge in [0.15, 0.2) is 0 Å². The molecule has 7 heteroatoms. The Morgan fingerprint density at radius 3 is 2.44 bits per heavy atom. The van der Waals surface area contributed by atoms with Crippen LogP contribution in [0.1, 0.15) is 29.8 Å². The predicted octanol–water partition coefficient (Wildman–Crippen LogP) is 3.97. The SMILES string of the molecule is CC(=O)Nc1cccc(N2C(=O)C(=O)/C(=C(/O)c3ccc(C)cc3)C2c2ccccn2)c1. The number of aromatic nitrogens is 1. The first kappa shape index (κ1) is 21.0. The van der Waals surface area contributed by atoms with E-state index in [2.05, 4.69) is 10.3 Å². The van der Waals surface area contributed by atoms with Crippen LogP contribution >= 0.6 is 0 Å². The second-order valence-electron chi connectivity index (χ2n) is 7.52. The van der Waals surface area contributed by atoms with Gasteiger partial charge < -0.3 is 10.4 Å². The van der Waals surface area contributed by atoms with Crippen molar-refractivity contribution >= 4 is 34.7 Å². The largest absolute Gasteiger partial charge is 0.507 e. The fourth-order valence-corrected chi connectivity index (χ4v) is 3.72. The van der Waals surface area contributed by atoms with Gasteiger partial charge >= 0.3 is 0 Å². The molecule has 1 atom stereocenters. The first-order valence-corrected chi connectivity index (χ1v) is 10.0. The number of ketones is 1. The Balaban J connectivity index is 1.90. The molecule has 1 fully saturated rings. The lowest BCUT2D eigenvalue weighted by Crippen LogP contribution is -2.30. The van der Waals surface area contributed by atoms with Crippen LogP contribution in [-0.4, -0.2) is 27.7 Å². The number of carbonyl (C=O) groups excluding carboxylic acids is 3. The zero-order valence-electron chi connectivity index (χ0n) is 17.6. The lowest BCUT2D eigenvalue weighted by atomic mass is 9.97. The lowest BCUT2D eigenvalue weighted by Gasteiger charge is -2.25. The first-order valence-electron chi connectivity index (χ1n) is 10.0. The van der Waals surface area contributed by atoms with Crippen molar-refractivity contribution in [2.45, 2.75) is 19.9 Å². The van der Waals surface area contributed by atoms with Gasteiger partial charge in [-0.3, -0.25) is 24.3 Å². The molecule has 160 valence electrons. The normalized spacial score (nSPS) is 17.4. The Morgan fingerprint density at radius 1 is 1.03 bits per heavy atom. The van der Waals surface area contributed by atoms with Gasteiger partial charge in [0.1, 0.15) is 11.8 Å². The molecule has 0 aliphatic carbocycles. The van der Waals surface area contributed by atoms with Crippen LogP contribution in [0.3, 0.4) is 0 Å². The van der Waals surface area contributed by atoms with Crippen molar-refractivity contribution in [3.8, 4) is 0 Å². The molecule has 0 spiro atoms. The summed E-state index contributed by atoms with van der Waals surface area (Å²) in [6.45, 7) is 3.30. The summed E-state index contributed by atoms with van der Waals surface area (Å²) in [7, 11) is 0. The van der Waals surface area contributed by atoms with Crippen molar-refractivity contribution in [3.05, 3.63) is 95.3 Å². The lowest BCUT2D eigenvalue weighted by molar-refractivity contribution is -0.132. The van der Waals surface area contributed by atoms with Crippen molar-refractivity contribution < 1.29 is 19.5 Å². The van der Waals surface area contributed by atoms with Crippen LogP contribution in [0.4, 0.5) is 11.4 Å². The van der Waals surface area contributed by atoms with Gasteiger partial charge in [0.05, 0.1) is 11.3 Å². The maximum Gasteiger partial charge on any atom is 0.300 e.